The van der Waals surface area contributed by atoms with Crippen molar-refractivity contribution in [1.82, 2.24) is 0 Å². The molecule has 0 amide bonds. The van der Waals surface area contributed by atoms with E-state index in [1.165, 1.54) is 0 Å². The molecule has 0 heterocycles. The van der Waals surface area contributed by atoms with Crippen molar-refractivity contribution in [1.29, 1.82) is 0 Å². The first-order chi connectivity index (χ1) is 3.15. The maximum atomic E-state index is 8.06. The summed E-state index contributed by atoms with van der Waals surface area (Å²) in [6, 6.07) is 0. The van der Waals surface area contributed by atoms with E-state index in [0.717, 1.165) is 0 Å². The minimum atomic E-state index is -0.167. The van der Waals surface area contributed by atoms with Gasteiger partial charge in [0.25, 0.3) is 0 Å². The molecule has 0 saturated carbocycles. The summed E-state index contributed by atoms with van der Waals surface area (Å²) in [5, 5.41) is 15.6. The van der Waals surface area contributed by atoms with Crippen LogP contribution in [0.2, 0.25) is 0 Å². The number of hydrogen-bond acceptors (Lipinski definition) is 2. The van der Waals surface area contributed by atoms with Crippen LogP contribution < -0.4 is 0 Å². The van der Waals surface area contributed by atoms with Gasteiger partial charge in [-0.15, -0.1) is 0 Å². The Kier molecular flexibility index (Phi) is 30.9. The summed E-state index contributed by atoms with van der Waals surface area (Å²) < 4.78 is 0. The van der Waals surface area contributed by atoms with Crippen LogP contribution >= 0.6 is 0 Å². The van der Waals surface area contributed by atoms with Crippen molar-refractivity contribution in [2.45, 2.75) is 26.9 Å². The van der Waals surface area contributed by atoms with Crippen LogP contribution in [0, 0.1) is 0 Å². The van der Waals surface area contributed by atoms with Crippen molar-refractivity contribution in [3.8, 4) is 0 Å². The molecule has 0 aliphatic rings. The third-order valence-corrected chi connectivity index (χ3v) is 0. The molecule has 0 aromatic carbocycles. The summed E-state index contributed by atoms with van der Waals surface area (Å²) in [6.07, 6.45) is -0.167. The third kappa shape index (κ3) is 9720. The molecule has 0 aliphatic heterocycles. The average Bonchev–Trinajstić information content (AvgIpc) is 1.33. The van der Waals surface area contributed by atoms with Crippen LogP contribution in [0.15, 0.2) is 0 Å². The number of aliphatic hydroxyl groups excluding tert-OH is 2. The molecule has 8 heavy (non-hydrogen) atoms. The molecule has 0 fully saturated rings. The fraction of sp³-hybridized carbons (Fsp3) is 1.00. The van der Waals surface area contributed by atoms with Crippen molar-refractivity contribution < 1.29 is 15.7 Å². The zero-order valence-corrected chi connectivity index (χ0v) is 5.68. The second-order valence-corrected chi connectivity index (χ2v) is 1.41. The zero-order valence-electron chi connectivity index (χ0n) is 5.68. The molecular weight excluding hydrogens is 108 g/mol. The number of aliphatic hydroxyl groups is 2. The zero-order chi connectivity index (χ0) is 6.28. The Morgan fingerprint density at radius 2 is 1.38 bits per heavy atom. The average molecular weight is 124 g/mol. The fourth-order valence-electron chi connectivity index (χ4n) is 0. The first-order valence-electron chi connectivity index (χ1n) is 2.44. The lowest BCUT2D eigenvalue weighted by Gasteiger charge is -1.80. The Balaban J connectivity index is -0.0000000575. The Bertz CT molecular complexity index is 18.9. The summed E-state index contributed by atoms with van der Waals surface area (Å²) in [5.41, 5.74) is 0. The molecule has 0 radical (unpaired) electrons. The van der Waals surface area contributed by atoms with Crippen LogP contribution in [0.5, 0.6) is 0 Å². The summed E-state index contributed by atoms with van der Waals surface area (Å²) in [4.78, 5) is 0. The van der Waals surface area contributed by atoms with E-state index < -0.39 is 0 Å². The van der Waals surface area contributed by atoms with E-state index >= 15 is 0 Å². The number of rotatable bonds is 0. The molecule has 0 saturated heterocycles. The van der Waals surface area contributed by atoms with Gasteiger partial charge in [0.1, 0.15) is 0 Å². The Morgan fingerprint density at radius 1 is 1.38 bits per heavy atom. The molecule has 0 atom stereocenters. The van der Waals surface area contributed by atoms with Gasteiger partial charge in [0.05, 0.1) is 0 Å². The SMILES string of the molecule is CC(C)O.CCO.O. The van der Waals surface area contributed by atoms with Crippen molar-refractivity contribution in [3.63, 3.8) is 0 Å². The minimum absolute atomic E-state index is 0. The van der Waals surface area contributed by atoms with Crippen LogP contribution in [-0.4, -0.2) is 28.4 Å². The second kappa shape index (κ2) is 15.8. The van der Waals surface area contributed by atoms with Crippen LogP contribution in [0.25, 0.3) is 0 Å². The lowest BCUT2D eigenvalue weighted by atomic mass is 10.5. The van der Waals surface area contributed by atoms with E-state index in [-0.39, 0.29) is 18.2 Å². The van der Waals surface area contributed by atoms with Gasteiger partial charge in [-0.3, -0.25) is 0 Å². The summed E-state index contributed by atoms with van der Waals surface area (Å²) in [5.74, 6) is 0. The second-order valence-electron chi connectivity index (χ2n) is 1.41. The molecule has 0 spiro atoms. The molecule has 0 rings (SSSR count). The summed E-state index contributed by atoms with van der Waals surface area (Å²) in [6.45, 7) is 5.38. The highest BCUT2D eigenvalue weighted by Crippen LogP contribution is 1.65. The van der Waals surface area contributed by atoms with Crippen molar-refractivity contribution >= 4 is 0 Å². The summed E-state index contributed by atoms with van der Waals surface area (Å²) >= 11 is 0. The standard InChI is InChI=1S/C3H8O.C2H6O.H2O/c1-3(2)4;1-2-3;/h3-4H,1-2H3;3H,2H2,1H3;1H2. The maximum absolute atomic E-state index is 8.06. The lowest BCUT2D eigenvalue weighted by Crippen LogP contribution is -1.85. The van der Waals surface area contributed by atoms with E-state index in [2.05, 4.69) is 0 Å². The lowest BCUT2D eigenvalue weighted by molar-refractivity contribution is 0.216. The molecular formula is C5H16O3. The van der Waals surface area contributed by atoms with E-state index in [1.807, 2.05) is 0 Å². The van der Waals surface area contributed by atoms with Gasteiger partial charge in [-0.25, -0.2) is 0 Å². The van der Waals surface area contributed by atoms with Crippen molar-refractivity contribution in [2.24, 2.45) is 0 Å². The highest BCUT2D eigenvalue weighted by molar-refractivity contribution is 4.20. The molecule has 4 N–H and O–H groups in total. The van der Waals surface area contributed by atoms with E-state index in [0.29, 0.717) is 0 Å². The van der Waals surface area contributed by atoms with Gasteiger partial charge in [-0.2, -0.15) is 0 Å². The van der Waals surface area contributed by atoms with Gasteiger partial charge in [-0.1, -0.05) is 0 Å². The molecule has 54 valence electrons. The molecule has 3 heteroatoms. The van der Waals surface area contributed by atoms with Crippen molar-refractivity contribution in [2.75, 3.05) is 6.61 Å². The molecule has 0 aliphatic carbocycles. The minimum Gasteiger partial charge on any atom is -0.412 e. The van der Waals surface area contributed by atoms with Gasteiger partial charge < -0.3 is 15.7 Å². The van der Waals surface area contributed by atoms with E-state index in [9.17, 15) is 0 Å². The fourth-order valence-corrected chi connectivity index (χ4v) is 0. The highest BCUT2D eigenvalue weighted by atomic mass is 16.3. The first kappa shape index (κ1) is 15.7. The number of hydrogen-bond donors (Lipinski definition) is 2. The molecule has 0 bridgehead atoms. The van der Waals surface area contributed by atoms with Crippen LogP contribution in [-0.2, 0) is 0 Å². The largest absolute Gasteiger partial charge is 0.412 e. The molecule has 0 aromatic rings. The van der Waals surface area contributed by atoms with Crippen LogP contribution in [0.3, 0.4) is 0 Å². The van der Waals surface area contributed by atoms with Crippen molar-refractivity contribution in [3.05, 3.63) is 0 Å². The predicted octanol–water partition coefficient (Wildman–Crippen LogP) is -0.439. The van der Waals surface area contributed by atoms with Crippen LogP contribution in [0.4, 0.5) is 0 Å². The monoisotopic (exact) mass is 124 g/mol. The Morgan fingerprint density at radius 3 is 1.38 bits per heavy atom. The maximum Gasteiger partial charge on any atom is 0.0483 e. The van der Waals surface area contributed by atoms with Gasteiger partial charge >= 0.3 is 0 Å². The van der Waals surface area contributed by atoms with Gasteiger partial charge in [-0.05, 0) is 20.8 Å². The Labute approximate surface area is 50.3 Å². The smallest absolute Gasteiger partial charge is 0.0483 e. The van der Waals surface area contributed by atoms with E-state index in [1.54, 1.807) is 20.8 Å². The molecule has 3 nitrogen and oxygen atoms in total. The summed E-state index contributed by atoms with van der Waals surface area (Å²) in [7, 11) is 0. The predicted molar refractivity (Wildman–Crippen MR) is 33.7 cm³/mol. The van der Waals surface area contributed by atoms with Gasteiger partial charge in [0.15, 0.2) is 0 Å². The molecule has 0 unspecified atom stereocenters. The molecule has 0 aromatic heterocycles. The van der Waals surface area contributed by atoms with Gasteiger partial charge in [0, 0.05) is 12.7 Å². The topological polar surface area (TPSA) is 72.0 Å². The van der Waals surface area contributed by atoms with Gasteiger partial charge in [0.2, 0.25) is 0 Å². The Hall–Kier alpha value is -0.120. The normalized spacial score (nSPS) is 6.75. The van der Waals surface area contributed by atoms with Crippen LogP contribution in [0.1, 0.15) is 20.8 Å². The highest BCUT2D eigenvalue weighted by Gasteiger charge is 1.69. The van der Waals surface area contributed by atoms with E-state index in [4.69, 9.17) is 10.2 Å². The first-order valence-corrected chi connectivity index (χ1v) is 2.44. The third-order valence-electron chi connectivity index (χ3n) is 0. The quantitative estimate of drug-likeness (QED) is 0.459.